The molecule has 116 valence electrons. The number of hydrogen-bond acceptors (Lipinski definition) is 4. The Hall–Kier alpha value is -2.49. The fraction of sp³-hybridized carbons (Fsp3) is 0.316. The first kappa shape index (κ1) is 14.1. The van der Waals surface area contributed by atoms with Crippen LogP contribution in [0.4, 0.5) is 0 Å². The van der Waals surface area contributed by atoms with Gasteiger partial charge in [0.15, 0.2) is 0 Å². The van der Waals surface area contributed by atoms with Gasteiger partial charge in [-0.25, -0.2) is 0 Å². The zero-order valence-electron chi connectivity index (χ0n) is 13.2. The molecule has 2 heterocycles. The third-order valence-electron chi connectivity index (χ3n) is 4.60. The maximum Gasteiger partial charge on any atom is 0.227 e. The maximum absolute atomic E-state index is 5.49. The van der Waals surface area contributed by atoms with Crippen molar-refractivity contribution in [2.24, 2.45) is 0 Å². The number of fused-ring (bicyclic) bond motifs is 1. The van der Waals surface area contributed by atoms with E-state index in [0.29, 0.717) is 17.6 Å². The number of rotatable bonds is 3. The van der Waals surface area contributed by atoms with Gasteiger partial charge in [0.2, 0.25) is 11.7 Å². The Morgan fingerprint density at radius 3 is 3.00 bits per heavy atom. The Balaban J connectivity index is 1.59. The van der Waals surface area contributed by atoms with E-state index in [4.69, 9.17) is 4.52 Å². The smallest absolute Gasteiger partial charge is 0.227 e. The fourth-order valence-corrected chi connectivity index (χ4v) is 3.43. The van der Waals surface area contributed by atoms with Crippen molar-refractivity contribution in [2.75, 3.05) is 0 Å². The molecule has 0 saturated carbocycles. The van der Waals surface area contributed by atoms with Crippen molar-refractivity contribution in [1.82, 2.24) is 15.1 Å². The van der Waals surface area contributed by atoms with Gasteiger partial charge >= 0.3 is 0 Å². The van der Waals surface area contributed by atoms with E-state index in [0.717, 1.165) is 17.7 Å². The summed E-state index contributed by atoms with van der Waals surface area (Å²) < 4.78 is 5.49. The van der Waals surface area contributed by atoms with Gasteiger partial charge in [-0.05, 0) is 54.9 Å². The Kier molecular flexibility index (Phi) is 3.66. The first-order valence-electron chi connectivity index (χ1n) is 8.13. The van der Waals surface area contributed by atoms with Crippen LogP contribution in [0, 0.1) is 6.92 Å². The van der Waals surface area contributed by atoms with Gasteiger partial charge in [-0.1, -0.05) is 35.5 Å². The molecule has 0 fully saturated rings. The monoisotopic (exact) mass is 305 g/mol. The van der Waals surface area contributed by atoms with Gasteiger partial charge in [-0.15, -0.1) is 0 Å². The largest absolute Gasteiger partial charge is 0.339 e. The number of aryl methyl sites for hydroxylation is 2. The topological polar surface area (TPSA) is 51.8 Å². The van der Waals surface area contributed by atoms with Gasteiger partial charge in [0.25, 0.3) is 0 Å². The fourth-order valence-electron chi connectivity index (χ4n) is 3.43. The van der Waals surface area contributed by atoms with Crippen LogP contribution < -0.4 is 0 Å². The van der Waals surface area contributed by atoms with Crippen molar-refractivity contribution in [3.63, 3.8) is 0 Å². The molecule has 1 aliphatic rings. The highest BCUT2D eigenvalue weighted by Crippen LogP contribution is 2.33. The molecule has 3 aromatic rings. The summed E-state index contributed by atoms with van der Waals surface area (Å²) in [5, 5.41) is 4.12. The lowest BCUT2D eigenvalue weighted by molar-refractivity contribution is 0.362. The van der Waals surface area contributed by atoms with Crippen molar-refractivity contribution in [1.29, 1.82) is 0 Å². The zero-order chi connectivity index (χ0) is 15.6. The van der Waals surface area contributed by atoms with E-state index < -0.39 is 0 Å². The molecule has 1 aromatic carbocycles. The minimum Gasteiger partial charge on any atom is -0.339 e. The summed E-state index contributed by atoms with van der Waals surface area (Å²) in [5.41, 5.74) is 4.76. The summed E-state index contributed by atoms with van der Waals surface area (Å²) in [5.74, 6) is 1.76. The highest BCUT2D eigenvalue weighted by atomic mass is 16.5. The summed E-state index contributed by atoms with van der Waals surface area (Å²) in [4.78, 5) is 8.93. The molecular formula is C19H19N3O. The maximum atomic E-state index is 5.49. The minimum atomic E-state index is 0.470. The van der Waals surface area contributed by atoms with Crippen molar-refractivity contribution >= 4 is 0 Å². The van der Waals surface area contributed by atoms with Gasteiger partial charge in [0.05, 0.1) is 0 Å². The quantitative estimate of drug-likeness (QED) is 0.731. The molecule has 0 spiro atoms. The molecule has 4 heteroatoms. The first-order chi connectivity index (χ1) is 11.3. The number of nitrogens with zero attached hydrogens (tertiary/aromatic N) is 3. The van der Waals surface area contributed by atoms with E-state index in [9.17, 15) is 0 Å². The van der Waals surface area contributed by atoms with Gasteiger partial charge in [0.1, 0.15) is 5.69 Å². The highest BCUT2D eigenvalue weighted by molar-refractivity contribution is 5.53. The molecule has 23 heavy (non-hydrogen) atoms. The Labute approximate surface area is 135 Å². The zero-order valence-corrected chi connectivity index (χ0v) is 13.2. The molecule has 0 N–H and O–H groups in total. The Morgan fingerprint density at radius 1 is 1.17 bits per heavy atom. The SMILES string of the molecule is Cc1cccnc1-c1noc(CC2CCCc3ccccc32)n1. The van der Waals surface area contributed by atoms with Crippen LogP contribution in [-0.4, -0.2) is 15.1 Å². The van der Waals surface area contributed by atoms with Crippen LogP contribution in [0.1, 0.15) is 41.3 Å². The molecule has 1 atom stereocenters. The van der Waals surface area contributed by atoms with E-state index >= 15 is 0 Å². The third kappa shape index (κ3) is 2.77. The molecule has 0 amide bonds. The second kappa shape index (κ2) is 5.95. The van der Waals surface area contributed by atoms with E-state index in [1.54, 1.807) is 6.20 Å². The van der Waals surface area contributed by atoms with Gasteiger partial charge in [-0.3, -0.25) is 4.98 Å². The predicted octanol–water partition coefficient (Wildman–Crippen LogP) is 4.10. The van der Waals surface area contributed by atoms with Crippen LogP contribution in [0.5, 0.6) is 0 Å². The van der Waals surface area contributed by atoms with Crippen LogP contribution >= 0.6 is 0 Å². The second-order valence-corrected chi connectivity index (χ2v) is 6.17. The van der Waals surface area contributed by atoms with Crippen LogP contribution in [-0.2, 0) is 12.8 Å². The summed E-state index contributed by atoms with van der Waals surface area (Å²) in [6, 6.07) is 12.6. The molecular weight excluding hydrogens is 286 g/mol. The highest BCUT2D eigenvalue weighted by Gasteiger charge is 2.23. The normalized spacial score (nSPS) is 17.0. The van der Waals surface area contributed by atoms with Crippen molar-refractivity contribution < 1.29 is 4.52 Å². The Morgan fingerprint density at radius 2 is 2.09 bits per heavy atom. The summed E-state index contributed by atoms with van der Waals surface area (Å²) >= 11 is 0. The van der Waals surface area contributed by atoms with Gasteiger partial charge < -0.3 is 4.52 Å². The van der Waals surface area contributed by atoms with E-state index in [-0.39, 0.29) is 0 Å². The van der Waals surface area contributed by atoms with Gasteiger partial charge in [0, 0.05) is 12.6 Å². The van der Waals surface area contributed by atoms with E-state index in [1.807, 2.05) is 19.1 Å². The molecule has 1 aliphatic carbocycles. The van der Waals surface area contributed by atoms with Crippen LogP contribution in [0.25, 0.3) is 11.5 Å². The lowest BCUT2D eigenvalue weighted by Gasteiger charge is -2.24. The summed E-state index contributed by atoms with van der Waals surface area (Å²) in [6.45, 7) is 2.01. The molecule has 0 bridgehead atoms. The summed E-state index contributed by atoms with van der Waals surface area (Å²) in [7, 11) is 0. The molecule has 0 saturated heterocycles. The number of benzene rings is 1. The molecule has 0 radical (unpaired) electrons. The molecule has 1 unspecified atom stereocenters. The van der Waals surface area contributed by atoms with Crippen LogP contribution in [0.2, 0.25) is 0 Å². The number of aromatic nitrogens is 3. The molecule has 0 aliphatic heterocycles. The predicted molar refractivity (Wildman–Crippen MR) is 88.1 cm³/mol. The molecule has 4 nitrogen and oxygen atoms in total. The van der Waals surface area contributed by atoms with Crippen molar-refractivity contribution in [3.8, 4) is 11.5 Å². The second-order valence-electron chi connectivity index (χ2n) is 6.17. The molecule has 4 rings (SSSR count). The van der Waals surface area contributed by atoms with Crippen LogP contribution in [0.15, 0.2) is 47.1 Å². The van der Waals surface area contributed by atoms with E-state index in [2.05, 4.69) is 39.4 Å². The molecule has 2 aromatic heterocycles. The first-order valence-corrected chi connectivity index (χ1v) is 8.13. The standard InChI is InChI=1S/C19H19N3O/c1-13-6-5-11-20-18(13)19-21-17(23-22-19)12-15-9-4-8-14-7-2-3-10-16(14)15/h2-3,5-7,10-11,15H,4,8-9,12H2,1H3. The summed E-state index contributed by atoms with van der Waals surface area (Å²) in [6.07, 6.45) is 6.14. The van der Waals surface area contributed by atoms with Crippen molar-refractivity contribution in [2.45, 2.75) is 38.5 Å². The lowest BCUT2D eigenvalue weighted by atomic mass is 9.81. The minimum absolute atomic E-state index is 0.470. The average molecular weight is 305 g/mol. The third-order valence-corrected chi connectivity index (χ3v) is 4.60. The average Bonchev–Trinajstić information content (AvgIpc) is 3.04. The van der Waals surface area contributed by atoms with Crippen LogP contribution in [0.3, 0.4) is 0 Å². The van der Waals surface area contributed by atoms with Gasteiger partial charge in [-0.2, -0.15) is 4.98 Å². The van der Waals surface area contributed by atoms with Crippen molar-refractivity contribution in [3.05, 3.63) is 65.2 Å². The Bertz CT molecular complexity index is 825. The lowest BCUT2D eigenvalue weighted by Crippen LogP contribution is -2.12. The number of pyridine rings is 1. The number of hydrogen-bond donors (Lipinski definition) is 0. The van der Waals surface area contributed by atoms with E-state index in [1.165, 1.54) is 30.4 Å².